The number of hydrogen-bond acceptors (Lipinski definition) is 4. The highest BCUT2D eigenvalue weighted by Crippen LogP contribution is 2.38. The maximum absolute atomic E-state index is 13.7. The van der Waals surface area contributed by atoms with Crippen molar-refractivity contribution < 1.29 is 14.4 Å². The molecule has 0 aromatic carbocycles. The minimum Gasteiger partial charge on any atom is -0.339 e. The lowest BCUT2D eigenvalue weighted by Gasteiger charge is -2.41. The molecule has 7 heteroatoms. The van der Waals surface area contributed by atoms with Gasteiger partial charge >= 0.3 is 6.03 Å². The van der Waals surface area contributed by atoms with Gasteiger partial charge in [-0.25, -0.2) is 4.79 Å². The fourth-order valence-electron chi connectivity index (χ4n) is 5.25. The topological polar surface area (TPSA) is 82.6 Å². The molecule has 4 amide bonds. The van der Waals surface area contributed by atoms with E-state index >= 15 is 0 Å². The molecule has 2 fully saturated rings. The zero-order valence-corrected chi connectivity index (χ0v) is 19.2. The second-order valence-corrected chi connectivity index (χ2v) is 9.73. The molecule has 1 unspecified atom stereocenters. The number of amides is 4. The van der Waals surface area contributed by atoms with Gasteiger partial charge in [-0.2, -0.15) is 0 Å². The van der Waals surface area contributed by atoms with Gasteiger partial charge < -0.3 is 10.2 Å². The number of likely N-dealkylation sites (tertiary alicyclic amines) is 1. The highest BCUT2D eigenvalue weighted by molar-refractivity contribution is 6.07. The van der Waals surface area contributed by atoms with Crippen molar-refractivity contribution in [2.75, 3.05) is 13.1 Å². The highest BCUT2D eigenvalue weighted by Gasteiger charge is 2.55. The van der Waals surface area contributed by atoms with Crippen LogP contribution in [0.4, 0.5) is 4.79 Å². The number of pyridine rings is 1. The van der Waals surface area contributed by atoms with E-state index in [1.54, 1.807) is 6.20 Å². The number of hydrogen-bond donors (Lipinski definition) is 1. The molecule has 1 N–H and O–H groups in total. The minimum absolute atomic E-state index is 0.0213. The fourth-order valence-corrected chi connectivity index (χ4v) is 5.25. The number of allylic oxidation sites excluding steroid dienone is 1. The van der Waals surface area contributed by atoms with E-state index in [-0.39, 0.29) is 30.3 Å². The standard InChI is InChI=1S/C25H34N4O3/c1-18(2)10-13-25(20-11-15-28(16-12-20)22(30)19-7-3-4-8-19)23(31)29(24(32)27-25)17-21-9-5-6-14-26-21/h5-7,9,14,18,20H,3-4,8,10-13,15-17H2,1-2H3,(H,27,32). The van der Waals surface area contributed by atoms with E-state index in [0.717, 1.165) is 44.1 Å². The number of nitrogens with one attached hydrogen (secondary N) is 1. The van der Waals surface area contributed by atoms with Crippen LogP contribution in [0, 0.1) is 11.8 Å². The van der Waals surface area contributed by atoms with Gasteiger partial charge in [0.05, 0.1) is 12.2 Å². The van der Waals surface area contributed by atoms with E-state index < -0.39 is 5.54 Å². The first kappa shape index (κ1) is 22.5. The number of rotatable bonds is 7. The molecule has 172 valence electrons. The molecule has 1 aliphatic carbocycles. The van der Waals surface area contributed by atoms with Gasteiger partial charge in [0, 0.05) is 24.9 Å². The van der Waals surface area contributed by atoms with Gasteiger partial charge in [0.2, 0.25) is 5.91 Å². The molecule has 2 aliphatic heterocycles. The lowest BCUT2D eigenvalue weighted by atomic mass is 9.73. The summed E-state index contributed by atoms with van der Waals surface area (Å²) in [6.45, 7) is 5.72. The van der Waals surface area contributed by atoms with Crippen molar-refractivity contribution in [1.29, 1.82) is 0 Å². The Kier molecular flexibility index (Phi) is 6.63. The zero-order chi connectivity index (χ0) is 22.7. The monoisotopic (exact) mass is 438 g/mol. The van der Waals surface area contributed by atoms with Crippen molar-refractivity contribution in [3.8, 4) is 0 Å². The van der Waals surface area contributed by atoms with E-state index in [1.165, 1.54) is 4.90 Å². The Morgan fingerprint density at radius 2 is 2.03 bits per heavy atom. The van der Waals surface area contributed by atoms with Crippen LogP contribution >= 0.6 is 0 Å². The molecule has 0 bridgehead atoms. The van der Waals surface area contributed by atoms with Crippen LogP contribution in [0.3, 0.4) is 0 Å². The van der Waals surface area contributed by atoms with E-state index in [0.29, 0.717) is 31.1 Å². The number of imide groups is 1. The maximum atomic E-state index is 13.7. The van der Waals surface area contributed by atoms with Gasteiger partial charge in [0.1, 0.15) is 5.54 Å². The SMILES string of the molecule is CC(C)CCC1(C2CCN(C(=O)C3=CCCC3)CC2)NC(=O)N(Cc2ccccn2)C1=O. The predicted octanol–water partition coefficient (Wildman–Crippen LogP) is 3.66. The van der Waals surface area contributed by atoms with Gasteiger partial charge in [-0.05, 0) is 68.9 Å². The molecule has 1 aromatic rings. The third-order valence-electron chi connectivity index (χ3n) is 7.16. The van der Waals surface area contributed by atoms with E-state index in [4.69, 9.17) is 0 Å². The number of aromatic nitrogens is 1. The zero-order valence-electron chi connectivity index (χ0n) is 19.2. The van der Waals surface area contributed by atoms with Crippen LogP contribution in [0.25, 0.3) is 0 Å². The molecule has 2 saturated heterocycles. The van der Waals surface area contributed by atoms with Gasteiger partial charge in [0.25, 0.3) is 5.91 Å². The van der Waals surface area contributed by atoms with E-state index in [2.05, 4.69) is 30.2 Å². The van der Waals surface area contributed by atoms with Crippen molar-refractivity contribution >= 4 is 17.8 Å². The number of carbonyl (C=O) groups excluding carboxylic acids is 3. The smallest absolute Gasteiger partial charge is 0.325 e. The second kappa shape index (κ2) is 9.43. The summed E-state index contributed by atoms with van der Waals surface area (Å²) in [5.74, 6) is 0.457. The Morgan fingerprint density at radius 1 is 1.25 bits per heavy atom. The second-order valence-electron chi connectivity index (χ2n) is 9.73. The normalized spacial score (nSPS) is 24.3. The fraction of sp³-hybridized carbons (Fsp3) is 0.600. The molecular weight excluding hydrogens is 404 g/mol. The van der Waals surface area contributed by atoms with Crippen LogP contribution in [-0.4, -0.2) is 51.3 Å². The molecule has 4 rings (SSSR count). The average Bonchev–Trinajstić information content (AvgIpc) is 3.42. The van der Waals surface area contributed by atoms with E-state index in [1.807, 2.05) is 23.1 Å². The Bertz CT molecular complexity index is 890. The largest absolute Gasteiger partial charge is 0.339 e. The maximum Gasteiger partial charge on any atom is 0.325 e. The van der Waals surface area contributed by atoms with E-state index in [9.17, 15) is 14.4 Å². The lowest BCUT2D eigenvalue weighted by Crippen LogP contribution is -2.56. The van der Waals surface area contributed by atoms with Crippen LogP contribution in [0.15, 0.2) is 36.0 Å². The highest BCUT2D eigenvalue weighted by atomic mass is 16.2. The van der Waals surface area contributed by atoms with Crippen LogP contribution in [0.2, 0.25) is 0 Å². The molecule has 7 nitrogen and oxygen atoms in total. The molecule has 3 heterocycles. The average molecular weight is 439 g/mol. The first-order chi connectivity index (χ1) is 15.4. The molecule has 1 aromatic heterocycles. The first-order valence-corrected chi connectivity index (χ1v) is 11.9. The number of urea groups is 1. The third-order valence-corrected chi connectivity index (χ3v) is 7.16. The lowest BCUT2D eigenvalue weighted by molar-refractivity contribution is -0.135. The summed E-state index contributed by atoms with van der Waals surface area (Å²) in [5.41, 5.74) is 0.739. The Morgan fingerprint density at radius 3 is 2.66 bits per heavy atom. The van der Waals surface area contributed by atoms with Crippen LogP contribution in [0.1, 0.15) is 64.5 Å². The predicted molar refractivity (Wildman–Crippen MR) is 121 cm³/mol. The van der Waals surface area contributed by atoms with Crippen LogP contribution in [0.5, 0.6) is 0 Å². The van der Waals surface area contributed by atoms with Crippen molar-refractivity contribution in [1.82, 2.24) is 20.1 Å². The summed E-state index contributed by atoms with van der Waals surface area (Å²) in [6, 6.07) is 5.17. The molecule has 0 spiro atoms. The van der Waals surface area contributed by atoms with Crippen molar-refractivity contribution in [3.05, 3.63) is 41.7 Å². The van der Waals surface area contributed by atoms with Gasteiger partial charge in [-0.1, -0.05) is 26.0 Å². The molecule has 32 heavy (non-hydrogen) atoms. The summed E-state index contributed by atoms with van der Waals surface area (Å²) in [7, 11) is 0. The van der Waals surface area contributed by atoms with Crippen molar-refractivity contribution in [3.63, 3.8) is 0 Å². The van der Waals surface area contributed by atoms with Crippen molar-refractivity contribution in [2.45, 2.75) is 70.9 Å². The first-order valence-electron chi connectivity index (χ1n) is 11.9. The molecule has 0 radical (unpaired) electrons. The Hall–Kier alpha value is -2.70. The number of nitrogens with zero attached hydrogens (tertiary/aromatic N) is 3. The molecule has 1 atom stereocenters. The molecular formula is C25H34N4O3. The number of piperidine rings is 1. The van der Waals surface area contributed by atoms with Crippen molar-refractivity contribution in [2.24, 2.45) is 11.8 Å². The third kappa shape index (κ3) is 4.43. The van der Waals surface area contributed by atoms with Gasteiger partial charge in [-0.15, -0.1) is 0 Å². The molecule has 3 aliphatic rings. The van der Waals surface area contributed by atoms with Gasteiger partial charge in [0.15, 0.2) is 0 Å². The number of carbonyl (C=O) groups is 3. The Labute approximate surface area is 190 Å². The van der Waals surface area contributed by atoms with Crippen LogP contribution < -0.4 is 5.32 Å². The summed E-state index contributed by atoms with van der Waals surface area (Å²) >= 11 is 0. The summed E-state index contributed by atoms with van der Waals surface area (Å²) in [6.07, 6.45) is 9.58. The summed E-state index contributed by atoms with van der Waals surface area (Å²) < 4.78 is 0. The molecule has 0 saturated carbocycles. The quantitative estimate of drug-likeness (QED) is 0.659. The summed E-state index contributed by atoms with van der Waals surface area (Å²) in [4.78, 5) is 47.0. The Balaban J connectivity index is 1.50. The summed E-state index contributed by atoms with van der Waals surface area (Å²) in [5, 5.41) is 3.11. The van der Waals surface area contributed by atoms with Gasteiger partial charge in [-0.3, -0.25) is 19.5 Å². The minimum atomic E-state index is -0.891. The van der Waals surface area contributed by atoms with Crippen LogP contribution in [-0.2, 0) is 16.1 Å².